The van der Waals surface area contributed by atoms with Gasteiger partial charge in [-0.05, 0) is 46.5 Å². The van der Waals surface area contributed by atoms with Gasteiger partial charge in [-0.15, -0.1) is 0 Å². The Hall–Kier alpha value is -2.01. The summed E-state index contributed by atoms with van der Waals surface area (Å²) in [4.78, 5) is 37.6. The molecule has 3 rings (SSSR count). The first-order chi connectivity index (χ1) is 13.6. The third-order valence-corrected chi connectivity index (χ3v) is 8.38. The van der Waals surface area contributed by atoms with Crippen LogP contribution in [0.2, 0.25) is 0 Å². The zero-order chi connectivity index (χ0) is 22.9. The van der Waals surface area contributed by atoms with Crippen molar-refractivity contribution in [3.8, 4) is 0 Å². The summed E-state index contributed by atoms with van der Waals surface area (Å²) in [6, 6.07) is 0. The smallest absolute Gasteiger partial charge is 0.320 e. The molecule has 0 spiro atoms. The number of carbonyl (C=O) groups is 3. The van der Waals surface area contributed by atoms with E-state index in [2.05, 4.69) is 0 Å². The molecule has 0 radical (unpaired) electrons. The molecular weight excluding hydrogens is 380 g/mol. The molecule has 30 heavy (non-hydrogen) atoms. The number of ether oxygens (including phenoxy) is 1. The van der Waals surface area contributed by atoms with Crippen LogP contribution in [-0.4, -0.2) is 34.3 Å². The molecule has 2 bridgehead atoms. The molecule has 5 nitrogen and oxygen atoms in total. The molecule has 7 unspecified atom stereocenters. The predicted molar refractivity (Wildman–Crippen MR) is 114 cm³/mol. The molecule has 164 valence electrons. The van der Waals surface area contributed by atoms with Crippen LogP contribution in [0.25, 0.3) is 0 Å². The first kappa shape index (κ1) is 22.7. The van der Waals surface area contributed by atoms with E-state index in [0.717, 1.165) is 5.57 Å². The van der Waals surface area contributed by atoms with Gasteiger partial charge in [0.25, 0.3) is 0 Å². The van der Waals surface area contributed by atoms with Gasteiger partial charge in [0.1, 0.15) is 17.1 Å². The zero-order valence-corrected chi connectivity index (χ0v) is 19.3. The number of aliphatic hydroxyl groups is 1. The van der Waals surface area contributed by atoms with E-state index in [4.69, 9.17) is 4.74 Å². The summed E-state index contributed by atoms with van der Waals surface area (Å²) in [6.45, 7) is 14.7. The van der Waals surface area contributed by atoms with Gasteiger partial charge in [0, 0.05) is 11.3 Å². The second kappa shape index (κ2) is 6.74. The maximum atomic E-state index is 12.9. The lowest BCUT2D eigenvalue weighted by Gasteiger charge is -2.30. The van der Waals surface area contributed by atoms with Crippen molar-refractivity contribution in [2.75, 3.05) is 0 Å². The lowest BCUT2D eigenvalue weighted by molar-refractivity contribution is -0.166. The van der Waals surface area contributed by atoms with Crippen LogP contribution in [0, 0.1) is 34.0 Å². The van der Waals surface area contributed by atoms with Crippen molar-refractivity contribution in [2.24, 2.45) is 34.0 Å². The second-order valence-electron chi connectivity index (χ2n) is 10.5. The molecule has 1 heterocycles. The zero-order valence-electron chi connectivity index (χ0n) is 19.3. The van der Waals surface area contributed by atoms with Crippen LogP contribution in [0.15, 0.2) is 36.0 Å². The highest BCUT2D eigenvalue weighted by molar-refractivity contribution is 6.12. The van der Waals surface area contributed by atoms with E-state index in [9.17, 15) is 19.5 Å². The summed E-state index contributed by atoms with van der Waals surface area (Å²) >= 11 is 0. The van der Waals surface area contributed by atoms with E-state index >= 15 is 0 Å². The fourth-order valence-electron chi connectivity index (χ4n) is 6.14. The third-order valence-electron chi connectivity index (χ3n) is 8.38. The fraction of sp³-hybridized carbons (Fsp3) is 0.640. The molecule has 1 saturated heterocycles. The first-order valence-corrected chi connectivity index (χ1v) is 10.7. The number of allylic oxidation sites excluding steroid dienone is 5. The van der Waals surface area contributed by atoms with Gasteiger partial charge in [0.15, 0.2) is 11.6 Å². The average molecular weight is 415 g/mol. The van der Waals surface area contributed by atoms with Gasteiger partial charge < -0.3 is 9.84 Å². The molecule has 3 fully saturated rings. The lowest BCUT2D eigenvalue weighted by atomic mass is 9.68. The Bertz CT molecular complexity index is 889. The van der Waals surface area contributed by atoms with E-state index in [0.29, 0.717) is 0 Å². The number of Topliss-reactive ketones (excluding diaryl/α,β-unsaturated/α-hetero) is 2. The summed E-state index contributed by atoms with van der Waals surface area (Å²) < 4.78 is 5.58. The van der Waals surface area contributed by atoms with Crippen molar-refractivity contribution in [1.82, 2.24) is 0 Å². The summed E-state index contributed by atoms with van der Waals surface area (Å²) in [6.07, 6.45) is 8.99. The fourth-order valence-corrected chi connectivity index (χ4v) is 6.14. The number of fused-ring (bicyclic) bond motifs is 2. The van der Waals surface area contributed by atoms with Crippen LogP contribution in [-0.2, 0) is 19.1 Å². The van der Waals surface area contributed by atoms with E-state index in [1.54, 1.807) is 13.8 Å². The van der Waals surface area contributed by atoms with Crippen molar-refractivity contribution in [3.63, 3.8) is 0 Å². The number of rotatable bonds is 4. The molecule has 0 aromatic rings. The van der Waals surface area contributed by atoms with Crippen LogP contribution in [0.4, 0.5) is 0 Å². The van der Waals surface area contributed by atoms with Gasteiger partial charge in [-0.25, -0.2) is 0 Å². The molecule has 1 N–H and O–H groups in total. The first-order valence-electron chi connectivity index (χ1n) is 10.7. The van der Waals surface area contributed by atoms with Crippen LogP contribution < -0.4 is 0 Å². The summed E-state index contributed by atoms with van der Waals surface area (Å²) in [5.74, 6) is -0.989. The maximum absolute atomic E-state index is 12.9. The minimum absolute atomic E-state index is 0.00678. The number of ketones is 2. The minimum Gasteiger partial charge on any atom is -0.460 e. The molecular formula is C25H34O5. The Morgan fingerprint density at radius 1 is 1.00 bits per heavy atom. The monoisotopic (exact) mass is 414 g/mol. The van der Waals surface area contributed by atoms with Crippen molar-refractivity contribution in [2.45, 2.75) is 67.1 Å². The van der Waals surface area contributed by atoms with Crippen molar-refractivity contribution in [1.29, 1.82) is 0 Å². The standard InChI is InChI=1S/C25H34O5/c1-14(17-15(2)18(26)25(8,29)16(17)3)12-10-9-11-13-23(6)20-22(4,5)19(27)24(23,7)21(28)30-20/h9-13,15-17,20,29H,1-8H3. The highest BCUT2D eigenvalue weighted by Gasteiger charge is 2.77. The van der Waals surface area contributed by atoms with Crippen molar-refractivity contribution >= 4 is 17.5 Å². The Labute approximate surface area is 179 Å². The van der Waals surface area contributed by atoms with E-state index in [1.165, 1.54) is 0 Å². The molecule has 2 aliphatic carbocycles. The SMILES string of the molecule is CC(=CC=CC=CC1(C)C2OC(=O)C1(C)C(=O)C2(C)C)C1C(C)C(=O)C(C)(O)C1C. The summed E-state index contributed by atoms with van der Waals surface area (Å²) in [7, 11) is 0. The Kier molecular flexibility index (Phi) is 5.10. The number of carbonyl (C=O) groups excluding carboxylic acids is 3. The molecule has 5 heteroatoms. The molecule has 1 aliphatic heterocycles. The van der Waals surface area contributed by atoms with Gasteiger partial charge in [-0.1, -0.05) is 56.7 Å². The molecule has 0 aromatic carbocycles. The summed E-state index contributed by atoms with van der Waals surface area (Å²) in [5, 5.41) is 10.5. The Balaban J connectivity index is 1.79. The number of esters is 1. The normalized spacial score (nSPS) is 45.9. The second-order valence-corrected chi connectivity index (χ2v) is 10.5. The molecule has 7 atom stereocenters. The van der Waals surface area contributed by atoms with Gasteiger partial charge >= 0.3 is 5.97 Å². The highest BCUT2D eigenvalue weighted by Crippen LogP contribution is 2.64. The van der Waals surface area contributed by atoms with Gasteiger partial charge in [-0.3, -0.25) is 14.4 Å². The number of hydrogen-bond acceptors (Lipinski definition) is 5. The average Bonchev–Trinajstić information content (AvgIpc) is 3.00. The van der Waals surface area contributed by atoms with Gasteiger partial charge in [0.2, 0.25) is 0 Å². The van der Waals surface area contributed by atoms with Gasteiger partial charge in [0.05, 0.1) is 5.41 Å². The van der Waals surface area contributed by atoms with Crippen LogP contribution >= 0.6 is 0 Å². The maximum Gasteiger partial charge on any atom is 0.320 e. The third kappa shape index (κ3) is 2.67. The summed E-state index contributed by atoms with van der Waals surface area (Å²) in [5.41, 5.74) is -2.83. The molecule has 2 saturated carbocycles. The van der Waals surface area contributed by atoms with Crippen LogP contribution in [0.1, 0.15) is 55.4 Å². The molecule has 0 aromatic heterocycles. The predicted octanol–water partition coefficient (Wildman–Crippen LogP) is 3.81. The number of hydrogen-bond donors (Lipinski definition) is 1. The van der Waals surface area contributed by atoms with Crippen LogP contribution in [0.3, 0.4) is 0 Å². The highest BCUT2D eigenvalue weighted by atomic mass is 16.6. The van der Waals surface area contributed by atoms with Crippen LogP contribution in [0.5, 0.6) is 0 Å². The molecule has 0 amide bonds. The Morgan fingerprint density at radius 3 is 2.10 bits per heavy atom. The largest absolute Gasteiger partial charge is 0.460 e. The van der Waals surface area contributed by atoms with E-state index in [-0.39, 0.29) is 29.3 Å². The minimum atomic E-state index is -1.29. The Morgan fingerprint density at radius 2 is 1.60 bits per heavy atom. The van der Waals surface area contributed by atoms with E-state index < -0.39 is 33.9 Å². The molecule has 3 aliphatic rings. The topological polar surface area (TPSA) is 80.7 Å². The van der Waals surface area contributed by atoms with Crippen molar-refractivity contribution in [3.05, 3.63) is 36.0 Å². The van der Waals surface area contributed by atoms with E-state index in [1.807, 2.05) is 71.9 Å². The lowest BCUT2D eigenvalue weighted by Crippen LogP contribution is -2.44. The van der Waals surface area contributed by atoms with Gasteiger partial charge in [-0.2, -0.15) is 0 Å². The van der Waals surface area contributed by atoms with Crippen molar-refractivity contribution < 1.29 is 24.2 Å². The quantitative estimate of drug-likeness (QED) is 0.430.